The molecule has 0 fully saturated rings. The Morgan fingerprint density at radius 2 is 0.742 bits per heavy atom. The Labute approximate surface area is 387 Å². The molecule has 3 heteroatoms. The van der Waals surface area contributed by atoms with Gasteiger partial charge in [0.15, 0.2) is 0 Å². The minimum absolute atomic E-state index is 0.961. The zero-order valence-corrected chi connectivity index (χ0v) is 36.7. The van der Waals surface area contributed by atoms with Crippen molar-refractivity contribution < 1.29 is 0 Å². The summed E-state index contributed by atoms with van der Waals surface area (Å²) in [6.45, 7) is 0. The van der Waals surface area contributed by atoms with Crippen LogP contribution in [0, 0.1) is 0 Å². The van der Waals surface area contributed by atoms with Gasteiger partial charge in [-0.2, -0.15) is 0 Å². The van der Waals surface area contributed by atoms with Gasteiger partial charge in [0.1, 0.15) is 5.65 Å². The summed E-state index contributed by atoms with van der Waals surface area (Å²) in [4.78, 5) is 5.44. The van der Waals surface area contributed by atoms with E-state index in [4.69, 9.17) is 4.98 Å². The van der Waals surface area contributed by atoms with Crippen LogP contribution >= 0.6 is 11.3 Å². The van der Waals surface area contributed by atoms with Crippen molar-refractivity contribution in [2.45, 2.75) is 0 Å². The highest BCUT2D eigenvalue weighted by Gasteiger charge is 2.22. The summed E-state index contributed by atoms with van der Waals surface area (Å²) in [5.74, 6) is 0. The van der Waals surface area contributed by atoms with E-state index in [-0.39, 0.29) is 0 Å². The van der Waals surface area contributed by atoms with E-state index in [0.29, 0.717) is 0 Å². The smallest absolute Gasteiger partial charge is 0.146 e. The van der Waals surface area contributed by atoms with Gasteiger partial charge in [-0.25, -0.2) is 4.98 Å². The van der Waals surface area contributed by atoms with Gasteiger partial charge < -0.3 is 0 Å². The second-order valence-corrected chi connectivity index (χ2v) is 18.1. The Bertz CT molecular complexity index is 3950. The first kappa shape index (κ1) is 38.1. The van der Waals surface area contributed by atoms with Crippen LogP contribution in [0.4, 0.5) is 0 Å². The molecule has 13 aromatic rings. The van der Waals surface area contributed by atoms with Crippen LogP contribution in [-0.4, -0.2) is 9.38 Å². The van der Waals surface area contributed by atoms with Crippen molar-refractivity contribution in [3.8, 4) is 78.1 Å². The van der Waals surface area contributed by atoms with Crippen LogP contribution in [-0.2, 0) is 0 Å². The van der Waals surface area contributed by atoms with Gasteiger partial charge in [-0.3, -0.25) is 4.40 Å². The molecule has 0 radical (unpaired) electrons. The van der Waals surface area contributed by atoms with Gasteiger partial charge >= 0.3 is 0 Å². The highest BCUT2D eigenvalue weighted by Crippen LogP contribution is 2.48. The molecule has 0 unspecified atom stereocenters. The topological polar surface area (TPSA) is 17.3 Å². The molecule has 66 heavy (non-hydrogen) atoms. The van der Waals surface area contributed by atoms with E-state index in [1.807, 2.05) is 11.3 Å². The largest absolute Gasteiger partial charge is 0.291 e. The number of aromatic nitrogens is 2. The number of nitrogens with zero attached hydrogens (tertiary/aromatic N) is 2. The predicted octanol–water partition coefficient (Wildman–Crippen LogP) is 17.7. The van der Waals surface area contributed by atoms with Crippen molar-refractivity contribution in [2.75, 3.05) is 0 Å². The van der Waals surface area contributed by atoms with E-state index in [9.17, 15) is 0 Å². The molecule has 2 nitrogen and oxygen atoms in total. The van der Waals surface area contributed by atoms with Crippen LogP contribution in [0.5, 0.6) is 0 Å². The fourth-order valence-corrected chi connectivity index (χ4v) is 11.4. The van der Waals surface area contributed by atoms with Crippen molar-refractivity contribution in [2.24, 2.45) is 0 Å². The normalized spacial score (nSPS) is 11.6. The second-order valence-electron chi connectivity index (χ2n) is 17.1. The molecule has 0 spiro atoms. The fourth-order valence-electron chi connectivity index (χ4n) is 10.0. The van der Waals surface area contributed by atoms with Crippen LogP contribution in [0.15, 0.2) is 243 Å². The molecule has 0 bridgehead atoms. The van der Waals surface area contributed by atoms with Crippen molar-refractivity contribution in [1.82, 2.24) is 9.38 Å². The van der Waals surface area contributed by atoms with Crippen molar-refractivity contribution in [3.05, 3.63) is 243 Å². The molecule has 0 amide bonds. The van der Waals surface area contributed by atoms with Gasteiger partial charge in [0, 0.05) is 53.2 Å². The van der Waals surface area contributed by atoms with Crippen LogP contribution in [0.25, 0.3) is 126 Å². The molecule has 10 aromatic carbocycles. The lowest BCUT2D eigenvalue weighted by atomic mass is 9.92. The number of imidazole rings is 1. The SMILES string of the molecule is c1ccc(-c2cc(-c3ccccc3)c3sc4c(-c5cccc(-c6ccc7c(c6)c6ccccc6c6nc(-c8ccccc8)c(-c8ccccc8)n76)c5)cc(-c5ccccc5)cc4c3c2)cc1. The summed E-state index contributed by atoms with van der Waals surface area (Å²) >= 11 is 1.91. The molecule has 13 rings (SSSR count). The summed E-state index contributed by atoms with van der Waals surface area (Å²) in [6.07, 6.45) is 0. The van der Waals surface area contributed by atoms with Crippen LogP contribution in [0.2, 0.25) is 0 Å². The van der Waals surface area contributed by atoms with Crippen molar-refractivity contribution in [3.63, 3.8) is 0 Å². The Hall–Kier alpha value is -8.37. The van der Waals surface area contributed by atoms with Gasteiger partial charge in [0.2, 0.25) is 0 Å². The Morgan fingerprint density at radius 3 is 1.35 bits per heavy atom. The summed E-state index contributed by atoms with van der Waals surface area (Å²) in [5.41, 5.74) is 18.5. The molecule has 0 N–H and O–H groups in total. The lowest BCUT2D eigenvalue weighted by Crippen LogP contribution is -1.95. The summed E-state index contributed by atoms with van der Waals surface area (Å²) in [7, 11) is 0. The summed E-state index contributed by atoms with van der Waals surface area (Å²) < 4.78 is 4.98. The number of hydrogen-bond donors (Lipinski definition) is 0. The zero-order chi connectivity index (χ0) is 43.6. The molecule has 0 atom stereocenters. The molecule has 3 heterocycles. The maximum Gasteiger partial charge on any atom is 0.146 e. The van der Waals surface area contributed by atoms with Crippen LogP contribution < -0.4 is 0 Å². The van der Waals surface area contributed by atoms with Gasteiger partial charge in [0.05, 0.1) is 16.9 Å². The first-order chi connectivity index (χ1) is 32.7. The molecule has 0 aliphatic heterocycles. The van der Waals surface area contributed by atoms with Crippen molar-refractivity contribution >= 4 is 58.8 Å². The molecule has 0 saturated heterocycles. The Morgan fingerprint density at radius 1 is 0.288 bits per heavy atom. The van der Waals surface area contributed by atoms with Crippen molar-refractivity contribution in [1.29, 1.82) is 0 Å². The third kappa shape index (κ3) is 6.36. The average molecular weight is 857 g/mol. The lowest BCUT2D eigenvalue weighted by molar-refractivity contribution is 1.27. The van der Waals surface area contributed by atoms with Crippen LogP contribution in [0.1, 0.15) is 0 Å². The monoisotopic (exact) mass is 856 g/mol. The minimum Gasteiger partial charge on any atom is -0.291 e. The number of thiophene rings is 1. The number of rotatable bonds is 7. The maximum absolute atomic E-state index is 5.44. The molecule has 0 aliphatic rings. The van der Waals surface area contributed by atoms with E-state index >= 15 is 0 Å². The van der Waals surface area contributed by atoms with E-state index < -0.39 is 0 Å². The van der Waals surface area contributed by atoms with E-state index in [2.05, 4.69) is 247 Å². The molecule has 3 aromatic heterocycles. The third-order valence-electron chi connectivity index (χ3n) is 13.1. The molecular weight excluding hydrogens is 817 g/mol. The number of benzene rings is 10. The fraction of sp³-hybridized carbons (Fsp3) is 0. The highest BCUT2D eigenvalue weighted by atomic mass is 32.1. The molecular formula is C63H40N2S. The van der Waals surface area contributed by atoms with Gasteiger partial charge in [0.25, 0.3) is 0 Å². The maximum atomic E-state index is 5.44. The van der Waals surface area contributed by atoms with E-state index in [1.54, 1.807) is 0 Å². The summed E-state index contributed by atoms with van der Waals surface area (Å²) in [6, 6.07) is 88.3. The number of pyridine rings is 1. The van der Waals surface area contributed by atoms with Gasteiger partial charge in [-0.15, -0.1) is 11.3 Å². The highest BCUT2D eigenvalue weighted by molar-refractivity contribution is 7.27. The molecule has 308 valence electrons. The predicted molar refractivity (Wildman–Crippen MR) is 281 cm³/mol. The average Bonchev–Trinajstić information content (AvgIpc) is 3.99. The van der Waals surface area contributed by atoms with E-state index in [0.717, 1.165) is 39.1 Å². The summed E-state index contributed by atoms with van der Waals surface area (Å²) in [5, 5.41) is 6.07. The van der Waals surface area contributed by atoms with Crippen LogP contribution in [0.3, 0.4) is 0 Å². The standard InChI is InChI=1S/C63H40N2S/c1-6-19-41(20-7-1)49-37-53(43-23-10-3-11-24-43)61-56(39-49)57-40-50(42-21-8-2-9-22-42)38-54(62(57)66-61)48-30-18-29-46(35-48)47-33-34-58-55(36-47)51-31-16-17-32-52(51)63-64-59(44-25-12-4-13-26-44)60(65(58)63)45-27-14-5-15-28-45/h1-40H. The number of fused-ring (bicyclic) bond motifs is 9. The van der Waals surface area contributed by atoms with Gasteiger partial charge in [-0.05, 0) is 92.4 Å². The first-order valence-corrected chi connectivity index (χ1v) is 23.3. The zero-order valence-electron chi connectivity index (χ0n) is 35.9. The minimum atomic E-state index is 0.961. The quantitative estimate of drug-likeness (QED) is 0.146. The second kappa shape index (κ2) is 15.7. The molecule has 0 aliphatic carbocycles. The third-order valence-corrected chi connectivity index (χ3v) is 14.4. The van der Waals surface area contributed by atoms with E-state index in [1.165, 1.54) is 86.6 Å². The van der Waals surface area contributed by atoms with Gasteiger partial charge in [-0.1, -0.05) is 200 Å². The lowest BCUT2D eigenvalue weighted by Gasteiger charge is -2.14. The first-order valence-electron chi connectivity index (χ1n) is 22.5. The Balaban J connectivity index is 1.04. The number of hydrogen-bond acceptors (Lipinski definition) is 2. The Kier molecular flexibility index (Phi) is 9.07. The molecule has 0 saturated carbocycles.